The zero-order chi connectivity index (χ0) is 20.9. The van der Waals surface area contributed by atoms with Gasteiger partial charge in [0.2, 0.25) is 17.8 Å². The van der Waals surface area contributed by atoms with E-state index in [0.717, 1.165) is 5.56 Å². The average molecular weight is 396 g/mol. The van der Waals surface area contributed by atoms with Crippen LogP contribution in [0.5, 0.6) is 0 Å². The monoisotopic (exact) mass is 395 g/mol. The molecule has 0 radical (unpaired) electrons. The lowest BCUT2D eigenvalue weighted by molar-refractivity contribution is -0.154. The van der Waals surface area contributed by atoms with E-state index in [-0.39, 0.29) is 11.8 Å². The quantitative estimate of drug-likeness (QED) is 0.702. The van der Waals surface area contributed by atoms with Crippen LogP contribution in [0.1, 0.15) is 26.3 Å². The number of rotatable bonds is 6. The Balaban J connectivity index is 1.63. The first kappa shape index (κ1) is 20.8. The van der Waals surface area contributed by atoms with Crippen LogP contribution in [0, 0.1) is 5.41 Å². The molecule has 1 aromatic carbocycles. The van der Waals surface area contributed by atoms with Crippen LogP contribution in [0.3, 0.4) is 0 Å². The molecule has 3 rings (SSSR count). The number of benzene rings is 1. The summed E-state index contributed by atoms with van der Waals surface area (Å²) < 4.78 is 0. The second-order valence-corrected chi connectivity index (χ2v) is 7.76. The first-order valence-corrected chi connectivity index (χ1v) is 10.1. The fourth-order valence-electron chi connectivity index (χ4n) is 3.58. The maximum Gasteiger partial charge on any atom is 0.237 e. The minimum atomic E-state index is -1.10. The van der Waals surface area contributed by atoms with E-state index < -0.39 is 5.41 Å². The Morgan fingerprint density at radius 2 is 1.62 bits per heavy atom. The number of piperazine rings is 1. The van der Waals surface area contributed by atoms with E-state index in [0.29, 0.717) is 45.2 Å². The highest BCUT2D eigenvalue weighted by Crippen LogP contribution is 2.25. The molecule has 1 aliphatic rings. The van der Waals surface area contributed by atoms with Gasteiger partial charge in [0.1, 0.15) is 5.41 Å². The summed E-state index contributed by atoms with van der Waals surface area (Å²) in [5.74, 6) is 0.417. The molecule has 7 heteroatoms. The van der Waals surface area contributed by atoms with Gasteiger partial charge >= 0.3 is 0 Å². The third-order valence-electron chi connectivity index (χ3n) is 5.36. The topological polar surface area (TPSA) is 69.6 Å². The second-order valence-electron chi connectivity index (χ2n) is 7.76. The molecule has 0 saturated carbocycles. The molecule has 1 saturated heterocycles. The van der Waals surface area contributed by atoms with Crippen molar-refractivity contribution in [2.45, 2.75) is 27.3 Å². The molecular weight excluding hydrogens is 366 g/mol. The molecule has 1 aliphatic heterocycles. The third kappa shape index (κ3) is 4.72. The fraction of sp³-hybridized carbons (Fsp3) is 0.455. The standard InChI is InChI=1S/C22H29N5O2/c1-4-25(17-18-9-6-5-7-10-18)19(28)22(2,3)20(29)26-13-15-27(16-14-26)21-23-11-8-12-24-21/h5-12H,4,13-17H2,1-3H3. The number of amides is 2. The van der Waals surface area contributed by atoms with Gasteiger partial charge in [0.05, 0.1) is 0 Å². The molecule has 0 unspecified atom stereocenters. The maximum absolute atomic E-state index is 13.2. The Morgan fingerprint density at radius 3 is 2.21 bits per heavy atom. The Bertz CT molecular complexity index is 818. The largest absolute Gasteiger partial charge is 0.338 e. The van der Waals surface area contributed by atoms with Gasteiger partial charge in [-0.25, -0.2) is 9.97 Å². The second kappa shape index (κ2) is 9.03. The average Bonchev–Trinajstić information content (AvgIpc) is 2.78. The van der Waals surface area contributed by atoms with Gasteiger partial charge in [-0.3, -0.25) is 9.59 Å². The van der Waals surface area contributed by atoms with E-state index in [1.807, 2.05) is 37.3 Å². The zero-order valence-corrected chi connectivity index (χ0v) is 17.4. The first-order valence-electron chi connectivity index (χ1n) is 10.1. The molecule has 29 heavy (non-hydrogen) atoms. The maximum atomic E-state index is 13.2. The van der Waals surface area contributed by atoms with Crippen molar-refractivity contribution in [3.05, 3.63) is 54.4 Å². The Morgan fingerprint density at radius 1 is 1.00 bits per heavy atom. The van der Waals surface area contributed by atoms with Crippen molar-refractivity contribution in [2.75, 3.05) is 37.6 Å². The molecule has 0 bridgehead atoms. The predicted octanol–water partition coefficient (Wildman–Crippen LogP) is 2.20. The molecule has 7 nitrogen and oxygen atoms in total. The summed E-state index contributed by atoms with van der Waals surface area (Å²) in [4.78, 5) is 40.6. The molecule has 2 heterocycles. The van der Waals surface area contributed by atoms with Crippen molar-refractivity contribution in [3.8, 4) is 0 Å². The minimum Gasteiger partial charge on any atom is -0.338 e. The first-order chi connectivity index (χ1) is 13.9. The molecule has 1 aromatic heterocycles. The highest BCUT2D eigenvalue weighted by Gasteiger charge is 2.42. The van der Waals surface area contributed by atoms with Crippen molar-refractivity contribution in [1.29, 1.82) is 0 Å². The van der Waals surface area contributed by atoms with Crippen LogP contribution in [0.4, 0.5) is 5.95 Å². The number of nitrogens with zero attached hydrogens (tertiary/aromatic N) is 5. The van der Waals surface area contributed by atoms with Crippen LogP contribution in [-0.2, 0) is 16.1 Å². The van der Waals surface area contributed by atoms with Gasteiger partial charge in [0.15, 0.2) is 0 Å². The SMILES string of the molecule is CCN(Cc1ccccc1)C(=O)C(C)(C)C(=O)N1CCN(c2ncccn2)CC1. The highest BCUT2D eigenvalue weighted by molar-refractivity contribution is 6.04. The van der Waals surface area contributed by atoms with E-state index in [1.54, 1.807) is 42.1 Å². The van der Waals surface area contributed by atoms with Crippen LogP contribution >= 0.6 is 0 Å². The number of aromatic nitrogens is 2. The van der Waals surface area contributed by atoms with Crippen molar-refractivity contribution >= 4 is 17.8 Å². The lowest BCUT2D eigenvalue weighted by atomic mass is 9.89. The van der Waals surface area contributed by atoms with Gasteiger partial charge in [-0.05, 0) is 32.4 Å². The zero-order valence-electron chi connectivity index (χ0n) is 17.4. The van der Waals surface area contributed by atoms with E-state index in [2.05, 4.69) is 14.9 Å². The summed E-state index contributed by atoms with van der Waals surface area (Å²) in [7, 11) is 0. The van der Waals surface area contributed by atoms with E-state index in [9.17, 15) is 9.59 Å². The summed E-state index contributed by atoms with van der Waals surface area (Å²) in [5, 5.41) is 0. The third-order valence-corrected chi connectivity index (χ3v) is 5.36. The van der Waals surface area contributed by atoms with Gasteiger partial charge < -0.3 is 14.7 Å². The van der Waals surface area contributed by atoms with Crippen LogP contribution in [0.25, 0.3) is 0 Å². The molecule has 2 aromatic rings. The van der Waals surface area contributed by atoms with Gasteiger partial charge in [-0.2, -0.15) is 0 Å². The Hall–Kier alpha value is -2.96. The Labute approximate surface area is 172 Å². The summed E-state index contributed by atoms with van der Waals surface area (Å²) in [6.45, 7) is 8.89. The number of hydrogen-bond acceptors (Lipinski definition) is 5. The van der Waals surface area contributed by atoms with Crippen LogP contribution in [-0.4, -0.2) is 64.3 Å². The summed E-state index contributed by atoms with van der Waals surface area (Å²) in [6.07, 6.45) is 3.43. The molecular formula is C22H29N5O2. The number of hydrogen-bond donors (Lipinski definition) is 0. The van der Waals surface area contributed by atoms with Crippen LogP contribution in [0.2, 0.25) is 0 Å². The van der Waals surface area contributed by atoms with E-state index >= 15 is 0 Å². The molecule has 0 atom stereocenters. The summed E-state index contributed by atoms with van der Waals surface area (Å²) >= 11 is 0. The van der Waals surface area contributed by atoms with Crippen molar-refractivity contribution in [1.82, 2.24) is 19.8 Å². The lowest BCUT2D eigenvalue weighted by Crippen LogP contribution is -2.56. The van der Waals surface area contributed by atoms with Crippen molar-refractivity contribution in [2.24, 2.45) is 5.41 Å². The number of carbonyl (C=O) groups excluding carboxylic acids is 2. The molecule has 2 amide bonds. The number of carbonyl (C=O) groups is 2. The lowest BCUT2D eigenvalue weighted by Gasteiger charge is -2.39. The fourth-order valence-corrected chi connectivity index (χ4v) is 3.58. The minimum absolute atomic E-state index is 0.123. The summed E-state index contributed by atoms with van der Waals surface area (Å²) in [5.41, 5.74) is -0.0432. The normalized spacial score (nSPS) is 14.6. The molecule has 154 valence electrons. The molecule has 0 spiro atoms. The smallest absolute Gasteiger partial charge is 0.237 e. The predicted molar refractivity (Wildman–Crippen MR) is 112 cm³/mol. The van der Waals surface area contributed by atoms with Gasteiger partial charge in [0.25, 0.3) is 0 Å². The van der Waals surface area contributed by atoms with Crippen LogP contribution < -0.4 is 4.90 Å². The van der Waals surface area contributed by atoms with Crippen LogP contribution in [0.15, 0.2) is 48.8 Å². The van der Waals surface area contributed by atoms with E-state index in [1.165, 1.54) is 0 Å². The van der Waals surface area contributed by atoms with Gasteiger partial charge in [-0.1, -0.05) is 30.3 Å². The molecule has 1 fully saturated rings. The molecule has 0 aliphatic carbocycles. The van der Waals surface area contributed by atoms with Gasteiger partial charge in [0, 0.05) is 51.7 Å². The van der Waals surface area contributed by atoms with Crippen molar-refractivity contribution in [3.63, 3.8) is 0 Å². The number of anilines is 1. The summed E-state index contributed by atoms with van der Waals surface area (Å²) in [6, 6.07) is 11.6. The van der Waals surface area contributed by atoms with E-state index in [4.69, 9.17) is 0 Å². The van der Waals surface area contributed by atoms with Crippen molar-refractivity contribution < 1.29 is 9.59 Å². The highest BCUT2D eigenvalue weighted by atomic mass is 16.2. The van der Waals surface area contributed by atoms with Gasteiger partial charge in [-0.15, -0.1) is 0 Å². The molecule has 0 N–H and O–H groups in total. The Kier molecular flexibility index (Phi) is 6.46.